The molecule has 0 aromatic heterocycles. The van der Waals surface area contributed by atoms with Gasteiger partial charge in [0.25, 0.3) is 0 Å². The van der Waals surface area contributed by atoms with Gasteiger partial charge in [-0.1, -0.05) is 0 Å². The van der Waals surface area contributed by atoms with Gasteiger partial charge in [-0.2, -0.15) is 13.2 Å². The summed E-state index contributed by atoms with van der Waals surface area (Å²) in [5.74, 6) is -0.803. The number of rotatable bonds is 3. The van der Waals surface area contributed by atoms with E-state index in [1.165, 1.54) is 6.07 Å². The zero-order valence-corrected chi connectivity index (χ0v) is 10.5. The van der Waals surface area contributed by atoms with E-state index in [4.69, 9.17) is 5.73 Å². The molecule has 108 valence electrons. The van der Waals surface area contributed by atoms with E-state index in [1.54, 1.807) is 4.90 Å². The molecule has 7 heteroatoms. The van der Waals surface area contributed by atoms with Crippen LogP contribution in [0.15, 0.2) is 18.2 Å². The Bertz CT molecular complexity index is 543. The van der Waals surface area contributed by atoms with Gasteiger partial charge in [-0.3, -0.25) is 9.59 Å². The monoisotopic (exact) mass is 286 g/mol. The third-order valence-corrected chi connectivity index (χ3v) is 3.43. The molecule has 1 atom stereocenters. The number of alkyl halides is 3. The topological polar surface area (TPSA) is 63.4 Å². The summed E-state index contributed by atoms with van der Waals surface area (Å²) in [5, 5.41) is 0. The second kappa shape index (κ2) is 5.15. The number of nitrogens with zero attached hydrogens (tertiary/aromatic N) is 1. The Morgan fingerprint density at radius 2 is 2.10 bits per heavy atom. The minimum Gasteiger partial charge on any atom is -0.371 e. The Morgan fingerprint density at radius 3 is 2.60 bits per heavy atom. The molecule has 2 rings (SSSR count). The summed E-state index contributed by atoms with van der Waals surface area (Å²) in [4.78, 5) is 23.4. The lowest BCUT2D eigenvalue weighted by atomic mass is 10.1. The van der Waals surface area contributed by atoms with Crippen LogP contribution in [0.2, 0.25) is 0 Å². The first-order chi connectivity index (χ1) is 9.32. The van der Waals surface area contributed by atoms with Crippen molar-refractivity contribution in [1.82, 2.24) is 0 Å². The SMILES string of the molecule is NC(=O)C1CCN(c2ccc(C=O)c(C(F)(F)F)c2)C1. The fraction of sp³-hybridized carbons (Fsp3) is 0.385. The largest absolute Gasteiger partial charge is 0.417 e. The van der Waals surface area contributed by atoms with Crippen molar-refractivity contribution >= 4 is 17.9 Å². The highest BCUT2D eigenvalue weighted by molar-refractivity contribution is 5.80. The van der Waals surface area contributed by atoms with E-state index in [0.29, 0.717) is 25.2 Å². The number of hydrogen-bond acceptors (Lipinski definition) is 3. The fourth-order valence-corrected chi connectivity index (χ4v) is 2.32. The lowest BCUT2D eigenvalue weighted by Crippen LogP contribution is -2.27. The second-order valence-electron chi connectivity index (χ2n) is 4.72. The van der Waals surface area contributed by atoms with Crippen LogP contribution in [0.1, 0.15) is 22.3 Å². The molecule has 20 heavy (non-hydrogen) atoms. The third kappa shape index (κ3) is 2.76. The maximum Gasteiger partial charge on any atom is 0.417 e. The molecule has 0 aliphatic carbocycles. The highest BCUT2D eigenvalue weighted by atomic mass is 19.4. The van der Waals surface area contributed by atoms with Crippen LogP contribution in [0.3, 0.4) is 0 Å². The Balaban J connectivity index is 2.31. The van der Waals surface area contributed by atoms with Crippen molar-refractivity contribution in [3.05, 3.63) is 29.3 Å². The molecule has 1 heterocycles. The first-order valence-electron chi connectivity index (χ1n) is 6.03. The lowest BCUT2D eigenvalue weighted by molar-refractivity contribution is -0.137. The van der Waals surface area contributed by atoms with Crippen LogP contribution >= 0.6 is 0 Å². The van der Waals surface area contributed by atoms with E-state index < -0.39 is 23.2 Å². The van der Waals surface area contributed by atoms with Crippen molar-refractivity contribution in [2.75, 3.05) is 18.0 Å². The molecule has 1 aromatic carbocycles. The second-order valence-corrected chi connectivity index (χ2v) is 4.72. The summed E-state index contributed by atoms with van der Waals surface area (Å²) in [6.45, 7) is 0.762. The molecule has 0 spiro atoms. The Hall–Kier alpha value is -2.05. The first kappa shape index (κ1) is 14.4. The molecular weight excluding hydrogens is 273 g/mol. The summed E-state index contributed by atoms with van der Waals surface area (Å²) < 4.78 is 38.6. The smallest absolute Gasteiger partial charge is 0.371 e. The number of benzene rings is 1. The average molecular weight is 286 g/mol. The normalized spacial score (nSPS) is 19.1. The molecular formula is C13H13F3N2O2. The van der Waals surface area contributed by atoms with Crippen molar-refractivity contribution in [1.29, 1.82) is 0 Å². The molecule has 2 N–H and O–H groups in total. The van der Waals surface area contributed by atoms with Gasteiger partial charge in [-0.05, 0) is 24.6 Å². The number of hydrogen-bond donors (Lipinski definition) is 1. The van der Waals surface area contributed by atoms with Crippen molar-refractivity contribution in [3.63, 3.8) is 0 Å². The van der Waals surface area contributed by atoms with Crippen molar-refractivity contribution in [2.45, 2.75) is 12.6 Å². The predicted octanol–water partition coefficient (Wildman–Crippen LogP) is 1.83. The molecule has 1 unspecified atom stereocenters. The van der Waals surface area contributed by atoms with Gasteiger partial charge in [0.05, 0.1) is 11.5 Å². The molecule has 1 aliphatic heterocycles. The van der Waals surface area contributed by atoms with Crippen LogP contribution in [-0.4, -0.2) is 25.3 Å². The molecule has 0 bridgehead atoms. The predicted molar refractivity (Wildman–Crippen MR) is 66.3 cm³/mol. The van der Waals surface area contributed by atoms with Gasteiger partial charge in [-0.25, -0.2) is 0 Å². The van der Waals surface area contributed by atoms with Crippen LogP contribution in [0.5, 0.6) is 0 Å². The lowest BCUT2D eigenvalue weighted by Gasteiger charge is -2.20. The number of carbonyl (C=O) groups excluding carboxylic acids is 2. The Labute approximate surface area is 113 Å². The minimum absolute atomic E-state index is 0.183. The highest BCUT2D eigenvalue weighted by Gasteiger charge is 2.35. The van der Waals surface area contributed by atoms with E-state index in [1.807, 2.05) is 0 Å². The van der Waals surface area contributed by atoms with Crippen LogP contribution < -0.4 is 10.6 Å². The van der Waals surface area contributed by atoms with Crippen molar-refractivity contribution < 1.29 is 22.8 Å². The van der Waals surface area contributed by atoms with Crippen molar-refractivity contribution in [3.8, 4) is 0 Å². The van der Waals surface area contributed by atoms with Gasteiger partial charge in [0.15, 0.2) is 6.29 Å². The molecule has 0 saturated carbocycles. The van der Waals surface area contributed by atoms with Crippen molar-refractivity contribution in [2.24, 2.45) is 11.7 Å². The summed E-state index contributed by atoms with van der Waals surface area (Å²) in [6.07, 6.45) is -3.88. The molecule has 1 aromatic rings. The number of amides is 1. The zero-order chi connectivity index (χ0) is 14.9. The minimum atomic E-state index is -4.59. The van der Waals surface area contributed by atoms with Gasteiger partial charge in [-0.15, -0.1) is 0 Å². The summed E-state index contributed by atoms with van der Waals surface area (Å²) in [7, 11) is 0. The number of primary amides is 1. The molecule has 1 saturated heterocycles. The highest BCUT2D eigenvalue weighted by Crippen LogP contribution is 2.35. The molecule has 0 radical (unpaired) electrons. The van der Waals surface area contributed by atoms with Gasteiger partial charge in [0.1, 0.15) is 0 Å². The van der Waals surface area contributed by atoms with Crippen LogP contribution in [-0.2, 0) is 11.0 Å². The van der Waals surface area contributed by atoms with Crippen LogP contribution in [0, 0.1) is 5.92 Å². The van der Waals surface area contributed by atoms with E-state index in [2.05, 4.69) is 0 Å². The van der Waals surface area contributed by atoms with Gasteiger partial charge in [0, 0.05) is 24.3 Å². The maximum atomic E-state index is 12.9. The quantitative estimate of drug-likeness (QED) is 0.862. The van der Waals surface area contributed by atoms with Gasteiger partial charge < -0.3 is 10.6 Å². The summed E-state index contributed by atoms with van der Waals surface area (Å²) in [6, 6.07) is 3.53. The van der Waals surface area contributed by atoms with Crippen LogP contribution in [0.25, 0.3) is 0 Å². The summed E-state index contributed by atoms with van der Waals surface area (Å²) >= 11 is 0. The van der Waals surface area contributed by atoms with E-state index >= 15 is 0 Å². The zero-order valence-electron chi connectivity index (χ0n) is 10.5. The number of aldehydes is 1. The standard InChI is InChI=1S/C13H13F3N2O2/c14-13(15,16)11-5-10(2-1-9(11)7-19)18-4-3-8(6-18)12(17)20/h1-2,5,7-8H,3-4,6H2,(H2,17,20). The maximum absolute atomic E-state index is 12.9. The number of nitrogens with two attached hydrogens (primary N) is 1. The first-order valence-corrected chi connectivity index (χ1v) is 6.03. The number of carbonyl (C=O) groups is 2. The Kier molecular flexibility index (Phi) is 3.69. The van der Waals surface area contributed by atoms with Gasteiger partial charge >= 0.3 is 6.18 Å². The summed E-state index contributed by atoms with van der Waals surface area (Å²) in [5.41, 5.74) is 4.17. The fourth-order valence-electron chi connectivity index (χ4n) is 2.32. The molecule has 4 nitrogen and oxygen atoms in total. The van der Waals surface area contributed by atoms with E-state index in [-0.39, 0.29) is 12.2 Å². The number of halogens is 3. The Morgan fingerprint density at radius 1 is 1.40 bits per heavy atom. The molecule has 1 aliphatic rings. The van der Waals surface area contributed by atoms with Gasteiger partial charge in [0.2, 0.25) is 5.91 Å². The van der Waals surface area contributed by atoms with E-state index in [0.717, 1.165) is 12.1 Å². The molecule has 1 amide bonds. The third-order valence-electron chi connectivity index (χ3n) is 3.43. The van der Waals surface area contributed by atoms with E-state index in [9.17, 15) is 22.8 Å². The van der Waals surface area contributed by atoms with Crippen LogP contribution in [0.4, 0.5) is 18.9 Å². The number of anilines is 1. The average Bonchev–Trinajstić information content (AvgIpc) is 2.86. The molecule has 1 fully saturated rings.